The second-order valence-corrected chi connectivity index (χ2v) is 8.89. The molecule has 0 atom stereocenters. The van der Waals surface area contributed by atoms with Crippen molar-refractivity contribution in [3.05, 3.63) is 100 Å². The first-order valence-electron chi connectivity index (χ1n) is 12.2. The van der Waals surface area contributed by atoms with E-state index in [1.54, 1.807) is 37.3 Å². The van der Waals surface area contributed by atoms with E-state index in [0.717, 1.165) is 17.1 Å². The highest BCUT2D eigenvalue weighted by molar-refractivity contribution is 6.32. The molecule has 2 heterocycles. The Labute approximate surface area is 230 Å². The van der Waals surface area contributed by atoms with Crippen LogP contribution in [-0.4, -0.2) is 35.9 Å². The van der Waals surface area contributed by atoms with Gasteiger partial charge in [0, 0.05) is 17.1 Å². The first-order chi connectivity index (χ1) is 18.8. The van der Waals surface area contributed by atoms with Crippen LogP contribution >= 0.6 is 11.6 Å². The standard InChI is InChI=1S/C29H28ClN3O6/c1-4-36-28(34)18-38-26-13-7-21(15-25(26)30)16-31-32-29(35)27-14-12-24(39-27)17-37-23-10-8-22(9-11-23)33-19(2)5-6-20(33)3/h5-16H,4,17-18H2,1-3H3,(H,32,35)/b31-16+. The zero-order valence-corrected chi connectivity index (χ0v) is 22.5. The van der Waals surface area contributed by atoms with E-state index in [9.17, 15) is 9.59 Å². The number of benzene rings is 2. The molecule has 0 radical (unpaired) electrons. The van der Waals surface area contributed by atoms with E-state index < -0.39 is 11.9 Å². The van der Waals surface area contributed by atoms with Gasteiger partial charge in [0.2, 0.25) is 0 Å². The Balaban J connectivity index is 1.26. The topological polar surface area (TPSA) is 104 Å². The van der Waals surface area contributed by atoms with Gasteiger partial charge in [-0.25, -0.2) is 10.2 Å². The number of nitrogens with zero attached hydrogens (tertiary/aromatic N) is 2. The number of halogens is 1. The fourth-order valence-corrected chi connectivity index (χ4v) is 4.02. The minimum absolute atomic E-state index is 0.0976. The van der Waals surface area contributed by atoms with Gasteiger partial charge in [-0.05, 0) is 93.1 Å². The van der Waals surface area contributed by atoms with Gasteiger partial charge in [0.15, 0.2) is 12.4 Å². The van der Waals surface area contributed by atoms with Gasteiger partial charge in [0.05, 0.1) is 17.8 Å². The van der Waals surface area contributed by atoms with Crippen LogP contribution in [0.25, 0.3) is 5.69 Å². The van der Waals surface area contributed by atoms with Gasteiger partial charge in [0.25, 0.3) is 0 Å². The molecule has 0 aliphatic rings. The van der Waals surface area contributed by atoms with E-state index >= 15 is 0 Å². The summed E-state index contributed by atoms with van der Waals surface area (Å²) in [5.74, 6) is 0.611. The monoisotopic (exact) mass is 549 g/mol. The van der Waals surface area contributed by atoms with Gasteiger partial charge in [-0.3, -0.25) is 4.79 Å². The maximum absolute atomic E-state index is 12.4. The number of carbonyl (C=O) groups is 2. The minimum atomic E-state index is -0.514. The van der Waals surface area contributed by atoms with Crippen molar-refractivity contribution in [2.24, 2.45) is 5.10 Å². The van der Waals surface area contributed by atoms with Crippen LogP contribution < -0.4 is 14.9 Å². The molecule has 4 rings (SSSR count). The molecule has 1 N–H and O–H groups in total. The van der Waals surface area contributed by atoms with Crippen LogP contribution in [0.1, 0.15) is 40.2 Å². The molecule has 0 unspecified atom stereocenters. The number of hydrogen-bond donors (Lipinski definition) is 1. The Morgan fingerprint density at radius 2 is 1.74 bits per heavy atom. The van der Waals surface area contributed by atoms with Crippen LogP contribution in [0.3, 0.4) is 0 Å². The van der Waals surface area contributed by atoms with E-state index in [1.807, 2.05) is 24.3 Å². The van der Waals surface area contributed by atoms with Crippen molar-refractivity contribution in [2.45, 2.75) is 27.4 Å². The zero-order valence-electron chi connectivity index (χ0n) is 21.8. The summed E-state index contributed by atoms with van der Waals surface area (Å²) in [5.41, 5.74) is 6.40. The number of rotatable bonds is 11. The molecule has 0 bridgehead atoms. The van der Waals surface area contributed by atoms with Gasteiger partial charge in [-0.15, -0.1) is 0 Å². The number of furan rings is 1. The molecular formula is C29H28ClN3O6. The Hall–Kier alpha value is -4.50. The molecule has 2 aromatic carbocycles. The van der Waals surface area contributed by atoms with Crippen LogP contribution in [0.5, 0.6) is 11.5 Å². The first-order valence-corrected chi connectivity index (χ1v) is 12.6. The molecule has 0 saturated carbocycles. The second-order valence-electron chi connectivity index (χ2n) is 8.48. The molecule has 0 aliphatic heterocycles. The summed E-state index contributed by atoms with van der Waals surface area (Å²) in [7, 11) is 0. The van der Waals surface area contributed by atoms with E-state index in [0.29, 0.717) is 22.8 Å². The first kappa shape index (κ1) is 27.5. The zero-order chi connectivity index (χ0) is 27.8. The van der Waals surface area contributed by atoms with Crippen molar-refractivity contribution < 1.29 is 28.2 Å². The predicted molar refractivity (Wildman–Crippen MR) is 147 cm³/mol. The minimum Gasteiger partial charge on any atom is -0.486 e. The number of amides is 1. The van der Waals surface area contributed by atoms with E-state index in [2.05, 4.69) is 41.1 Å². The molecule has 9 nitrogen and oxygen atoms in total. The van der Waals surface area contributed by atoms with Crippen LogP contribution in [0, 0.1) is 13.8 Å². The number of aryl methyl sites for hydroxylation is 2. The fraction of sp³-hybridized carbons (Fsp3) is 0.207. The van der Waals surface area contributed by atoms with Crippen LogP contribution in [0.2, 0.25) is 5.02 Å². The van der Waals surface area contributed by atoms with Crippen LogP contribution in [0.4, 0.5) is 0 Å². The third-order valence-electron chi connectivity index (χ3n) is 5.62. The smallest absolute Gasteiger partial charge is 0.344 e. The molecule has 1 amide bonds. The van der Waals surface area contributed by atoms with Crippen molar-refractivity contribution in [2.75, 3.05) is 13.2 Å². The number of hydrogen-bond acceptors (Lipinski definition) is 7. The number of hydrazone groups is 1. The number of nitrogens with one attached hydrogen (secondary N) is 1. The Kier molecular flexibility index (Phi) is 9.06. The third-order valence-corrected chi connectivity index (χ3v) is 5.91. The maximum atomic E-state index is 12.4. The molecule has 10 heteroatoms. The molecule has 0 fully saturated rings. The summed E-state index contributed by atoms with van der Waals surface area (Å²) < 4.78 is 23.7. The molecular weight excluding hydrogens is 522 g/mol. The molecule has 0 aliphatic carbocycles. The van der Waals surface area contributed by atoms with E-state index in [-0.39, 0.29) is 30.6 Å². The van der Waals surface area contributed by atoms with Crippen LogP contribution in [-0.2, 0) is 16.1 Å². The highest BCUT2D eigenvalue weighted by atomic mass is 35.5. The number of carbonyl (C=O) groups excluding carboxylic acids is 2. The Morgan fingerprint density at radius 1 is 1.00 bits per heavy atom. The Morgan fingerprint density at radius 3 is 2.44 bits per heavy atom. The lowest BCUT2D eigenvalue weighted by Gasteiger charge is -2.10. The van der Waals surface area contributed by atoms with Crippen molar-refractivity contribution >= 4 is 29.7 Å². The summed E-state index contributed by atoms with van der Waals surface area (Å²) >= 11 is 6.19. The molecule has 0 saturated heterocycles. The number of ether oxygens (including phenoxy) is 3. The van der Waals surface area contributed by atoms with Gasteiger partial charge < -0.3 is 23.2 Å². The lowest BCUT2D eigenvalue weighted by molar-refractivity contribution is -0.145. The lowest BCUT2D eigenvalue weighted by atomic mass is 10.2. The number of esters is 1. The molecule has 39 heavy (non-hydrogen) atoms. The molecule has 4 aromatic rings. The summed E-state index contributed by atoms with van der Waals surface area (Å²) in [4.78, 5) is 23.8. The van der Waals surface area contributed by atoms with Crippen molar-refractivity contribution in [3.63, 3.8) is 0 Å². The molecule has 202 valence electrons. The molecule has 0 spiro atoms. The lowest BCUT2D eigenvalue weighted by Crippen LogP contribution is -2.16. The van der Waals surface area contributed by atoms with Gasteiger partial charge >= 0.3 is 11.9 Å². The Bertz CT molecular complexity index is 1450. The molecule has 2 aromatic heterocycles. The van der Waals surface area contributed by atoms with Gasteiger partial charge in [0.1, 0.15) is 23.9 Å². The number of aromatic nitrogens is 1. The second kappa shape index (κ2) is 12.8. The van der Waals surface area contributed by atoms with E-state index in [4.69, 9.17) is 30.2 Å². The summed E-state index contributed by atoms with van der Waals surface area (Å²) in [6.07, 6.45) is 1.42. The summed E-state index contributed by atoms with van der Waals surface area (Å²) in [5, 5.41) is 4.23. The maximum Gasteiger partial charge on any atom is 0.344 e. The highest BCUT2D eigenvalue weighted by Gasteiger charge is 2.12. The average Bonchev–Trinajstić information content (AvgIpc) is 3.53. The fourth-order valence-electron chi connectivity index (χ4n) is 3.77. The SMILES string of the molecule is CCOC(=O)COc1ccc(/C=N/NC(=O)c2ccc(COc3ccc(-n4c(C)ccc4C)cc3)o2)cc1Cl. The average molecular weight is 550 g/mol. The summed E-state index contributed by atoms with van der Waals surface area (Å²) in [6, 6.07) is 20.0. The normalized spacial score (nSPS) is 11.0. The van der Waals surface area contributed by atoms with Crippen molar-refractivity contribution in [3.8, 4) is 17.2 Å². The van der Waals surface area contributed by atoms with Gasteiger partial charge in [-0.1, -0.05) is 11.6 Å². The van der Waals surface area contributed by atoms with Crippen LogP contribution in [0.15, 0.2) is 76.2 Å². The quantitative estimate of drug-likeness (QED) is 0.148. The van der Waals surface area contributed by atoms with E-state index in [1.165, 1.54) is 6.21 Å². The highest BCUT2D eigenvalue weighted by Crippen LogP contribution is 2.25. The largest absolute Gasteiger partial charge is 0.486 e. The van der Waals surface area contributed by atoms with Crippen molar-refractivity contribution in [1.82, 2.24) is 9.99 Å². The predicted octanol–water partition coefficient (Wildman–Crippen LogP) is 5.63. The van der Waals surface area contributed by atoms with Crippen molar-refractivity contribution in [1.29, 1.82) is 0 Å². The third kappa shape index (κ3) is 7.30. The summed E-state index contributed by atoms with van der Waals surface area (Å²) in [6.45, 7) is 6.03. The van der Waals surface area contributed by atoms with Gasteiger partial charge in [-0.2, -0.15) is 5.10 Å².